The van der Waals surface area contributed by atoms with Crippen LogP contribution in [0.1, 0.15) is 22.9 Å². The molecule has 0 atom stereocenters. The monoisotopic (exact) mass is 509 g/mol. The minimum absolute atomic E-state index is 0.0156. The van der Waals surface area contributed by atoms with Crippen molar-refractivity contribution in [2.75, 3.05) is 7.11 Å². The summed E-state index contributed by atoms with van der Waals surface area (Å²) in [6.45, 7) is 1.53. The largest absolute Gasteiger partial charge is 0.472 e. The Morgan fingerprint density at radius 1 is 1.25 bits per heavy atom. The zero-order valence-electron chi connectivity index (χ0n) is 17.1. The van der Waals surface area contributed by atoms with E-state index in [1.54, 1.807) is 13.0 Å². The molecule has 1 aromatic carbocycles. The van der Waals surface area contributed by atoms with Crippen molar-refractivity contribution in [1.29, 1.82) is 0 Å². The van der Waals surface area contributed by atoms with Crippen LogP contribution < -0.4 is 15.6 Å². The maximum atomic E-state index is 13.8. The van der Waals surface area contributed by atoms with E-state index in [9.17, 15) is 18.4 Å². The molecule has 0 fully saturated rings. The number of aryl methyl sites for hydroxylation is 1. The highest BCUT2D eigenvalue weighted by molar-refractivity contribution is 9.10. The summed E-state index contributed by atoms with van der Waals surface area (Å²) in [5.41, 5.74) is 0.207. The molecule has 12 heteroatoms. The molecule has 3 rings (SSSR count). The number of alkyl carbamates (subject to hydrolysis) is 1. The van der Waals surface area contributed by atoms with Crippen LogP contribution in [0.3, 0.4) is 0 Å². The fourth-order valence-corrected chi connectivity index (χ4v) is 3.10. The van der Waals surface area contributed by atoms with E-state index in [-0.39, 0.29) is 35.6 Å². The molecule has 9 nitrogen and oxygen atoms in total. The first-order valence-electron chi connectivity index (χ1n) is 9.24. The predicted molar refractivity (Wildman–Crippen MR) is 112 cm³/mol. The van der Waals surface area contributed by atoms with Crippen LogP contribution in [0.15, 0.2) is 39.7 Å². The molecule has 0 aliphatic carbocycles. The smallest absolute Gasteiger partial charge is 0.407 e. The van der Waals surface area contributed by atoms with Crippen LogP contribution >= 0.6 is 15.9 Å². The summed E-state index contributed by atoms with van der Waals surface area (Å²) >= 11 is 3.18. The molecule has 32 heavy (non-hydrogen) atoms. The van der Waals surface area contributed by atoms with Gasteiger partial charge in [-0.2, -0.15) is 4.98 Å². The Bertz CT molecular complexity index is 1210. The van der Waals surface area contributed by atoms with Gasteiger partial charge >= 0.3 is 6.09 Å². The van der Waals surface area contributed by atoms with Crippen LogP contribution in [0.4, 0.5) is 13.6 Å². The molecule has 1 amide bonds. The number of rotatable bonds is 7. The summed E-state index contributed by atoms with van der Waals surface area (Å²) in [5.74, 6) is -0.795. The van der Waals surface area contributed by atoms with Crippen LogP contribution in [0, 0.1) is 18.6 Å². The van der Waals surface area contributed by atoms with E-state index < -0.39 is 23.3 Å². The fraction of sp³-hybridized carbons (Fsp3) is 0.250. The van der Waals surface area contributed by atoms with Crippen molar-refractivity contribution < 1.29 is 23.0 Å². The minimum atomic E-state index is -0.757. The van der Waals surface area contributed by atoms with E-state index in [0.29, 0.717) is 17.3 Å². The van der Waals surface area contributed by atoms with E-state index in [1.807, 2.05) is 0 Å². The van der Waals surface area contributed by atoms with Crippen LogP contribution in [0.25, 0.3) is 0 Å². The number of hydrogen-bond acceptors (Lipinski definition) is 7. The van der Waals surface area contributed by atoms with E-state index in [1.165, 1.54) is 23.9 Å². The Balaban J connectivity index is 1.77. The number of amides is 1. The molecule has 0 saturated heterocycles. The van der Waals surface area contributed by atoms with E-state index in [4.69, 9.17) is 4.74 Å². The average molecular weight is 510 g/mol. The normalized spacial score (nSPS) is 10.7. The molecule has 2 aromatic heterocycles. The zero-order chi connectivity index (χ0) is 23.3. The van der Waals surface area contributed by atoms with Gasteiger partial charge in [0.25, 0.3) is 5.56 Å². The van der Waals surface area contributed by atoms with Gasteiger partial charge in [-0.15, -0.1) is 0 Å². The van der Waals surface area contributed by atoms with Crippen LogP contribution in [-0.2, 0) is 24.4 Å². The van der Waals surface area contributed by atoms with Crippen molar-refractivity contribution in [3.8, 4) is 5.88 Å². The molecule has 0 radical (unpaired) electrons. The second-order valence-corrected chi connectivity index (χ2v) is 7.30. The summed E-state index contributed by atoms with van der Waals surface area (Å²) in [6, 6.07) is 4.75. The van der Waals surface area contributed by atoms with Gasteiger partial charge in [-0.05, 0) is 41.1 Å². The highest BCUT2D eigenvalue weighted by atomic mass is 79.9. The highest BCUT2D eigenvalue weighted by Crippen LogP contribution is 2.21. The second-order valence-electron chi connectivity index (χ2n) is 6.50. The highest BCUT2D eigenvalue weighted by Gasteiger charge is 2.16. The van der Waals surface area contributed by atoms with E-state index >= 15 is 0 Å². The number of halogens is 3. The molecule has 1 N–H and O–H groups in total. The van der Waals surface area contributed by atoms with E-state index in [2.05, 4.69) is 40.9 Å². The summed E-state index contributed by atoms with van der Waals surface area (Å²) in [4.78, 5) is 36.7. The lowest BCUT2D eigenvalue weighted by Crippen LogP contribution is -2.27. The third-order valence-corrected chi connectivity index (χ3v) is 4.99. The molecule has 0 spiro atoms. The fourth-order valence-electron chi connectivity index (χ4n) is 2.68. The molecule has 0 saturated carbocycles. The van der Waals surface area contributed by atoms with Gasteiger partial charge in [-0.25, -0.2) is 23.5 Å². The SMILES string of the molecule is COC(=O)NCc1nccc(Cn2c(C)nc(OCc3ccc(F)cc3F)c(Br)c2=O)n1. The topological polar surface area (TPSA) is 108 Å². The Morgan fingerprint density at radius 3 is 2.75 bits per heavy atom. The van der Waals surface area contributed by atoms with Crippen molar-refractivity contribution in [1.82, 2.24) is 24.8 Å². The Kier molecular flexibility index (Phi) is 7.46. The maximum absolute atomic E-state index is 13.8. The Labute approximate surface area is 189 Å². The van der Waals surface area contributed by atoms with Gasteiger partial charge < -0.3 is 14.8 Å². The van der Waals surface area contributed by atoms with Crippen LogP contribution in [0.5, 0.6) is 5.88 Å². The molecule has 0 bridgehead atoms. The van der Waals surface area contributed by atoms with Crippen molar-refractivity contribution in [3.63, 3.8) is 0 Å². The number of carbonyl (C=O) groups is 1. The molecule has 0 aliphatic rings. The van der Waals surface area contributed by atoms with E-state index in [0.717, 1.165) is 12.1 Å². The Hall–Kier alpha value is -3.41. The van der Waals surface area contributed by atoms with Gasteiger partial charge in [-0.1, -0.05) is 0 Å². The summed E-state index contributed by atoms with van der Waals surface area (Å²) in [6.07, 6.45) is 0.893. The number of ether oxygens (including phenoxy) is 2. The third-order valence-electron chi connectivity index (χ3n) is 4.31. The van der Waals surface area contributed by atoms with Gasteiger partial charge in [0.05, 0.1) is 25.9 Å². The molecule has 2 heterocycles. The van der Waals surface area contributed by atoms with Crippen LogP contribution in [0.2, 0.25) is 0 Å². The molecular weight excluding hydrogens is 492 g/mol. The number of benzene rings is 1. The van der Waals surface area contributed by atoms with Gasteiger partial charge in [0, 0.05) is 17.8 Å². The lowest BCUT2D eigenvalue weighted by molar-refractivity contribution is 0.170. The average Bonchev–Trinajstić information content (AvgIpc) is 2.77. The van der Waals surface area contributed by atoms with Crippen molar-refractivity contribution in [2.45, 2.75) is 26.6 Å². The summed E-state index contributed by atoms with van der Waals surface area (Å²) < 4.78 is 38.3. The second kappa shape index (κ2) is 10.3. The first-order chi connectivity index (χ1) is 15.3. The zero-order valence-corrected chi connectivity index (χ0v) is 18.6. The molecule has 168 valence electrons. The van der Waals surface area contributed by atoms with Crippen molar-refractivity contribution >= 4 is 22.0 Å². The Morgan fingerprint density at radius 2 is 2.03 bits per heavy atom. The standard InChI is InChI=1S/C20H18BrF2N5O4/c1-11-26-18(32-10-12-3-4-13(22)7-15(12)23)17(21)19(29)28(11)9-14-5-6-24-16(27-14)8-25-20(30)31-2/h3-7H,8-10H2,1-2H3,(H,25,30). The number of aromatic nitrogens is 4. The number of carbonyl (C=O) groups excluding carboxylic acids is 1. The minimum Gasteiger partial charge on any atom is -0.472 e. The first kappa shape index (κ1) is 23.3. The predicted octanol–water partition coefficient (Wildman–Crippen LogP) is 2.87. The number of hydrogen-bond donors (Lipinski definition) is 1. The lowest BCUT2D eigenvalue weighted by atomic mass is 10.2. The summed E-state index contributed by atoms with van der Waals surface area (Å²) in [7, 11) is 1.25. The molecule has 3 aromatic rings. The quantitative estimate of drug-likeness (QED) is 0.521. The first-order valence-corrected chi connectivity index (χ1v) is 10.0. The number of nitrogens with one attached hydrogen (secondary N) is 1. The molecule has 0 unspecified atom stereocenters. The lowest BCUT2D eigenvalue weighted by Gasteiger charge is -2.14. The van der Waals surface area contributed by atoms with Crippen molar-refractivity contribution in [2.24, 2.45) is 0 Å². The number of nitrogens with zero attached hydrogens (tertiary/aromatic N) is 4. The summed E-state index contributed by atoms with van der Waals surface area (Å²) in [5, 5.41) is 2.48. The van der Waals surface area contributed by atoms with Gasteiger partial charge in [0.1, 0.15) is 34.4 Å². The maximum Gasteiger partial charge on any atom is 0.407 e. The molecular formula is C20H18BrF2N5O4. The van der Waals surface area contributed by atoms with Crippen LogP contribution in [-0.4, -0.2) is 32.7 Å². The van der Waals surface area contributed by atoms with Gasteiger partial charge in [-0.3, -0.25) is 9.36 Å². The van der Waals surface area contributed by atoms with Gasteiger partial charge in [0.2, 0.25) is 5.88 Å². The number of methoxy groups -OCH3 is 1. The van der Waals surface area contributed by atoms with Gasteiger partial charge in [0.15, 0.2) is 0 Å². The third kappa shape index (κ3) is 5.63. The van der Waals surface area contributed by atoms with Crippen molar-refractivity contribution in [3.05, 3.63) is 79.8 Å². The molecule has 0 aliphatic heterocycles.